The van der Waals surface area contributed by atoms with Crippen molar-refractivity contribution in [3.8, 4) is 0 Å². The van der Waals surface area contributed by atoms with Gasteiger partial charge in [0.25, 0.3) is 0 Å². The number of benzene rings is 2. The molecule has 1 nitrogen and oxygen atoms in total. The van der Waals surface area contributed by atoms with E-state index in [2.05, 4.69) is 41.9 Å². The Morgan fingerprint density at radius 1 is 1.14 bits per heavy atom. The summed E-state index contributed by atoms with van der Waals surface area (Å²) < 4.78 is 14.9. The average Bonchev–Trinajstić information content (AvgIpc) is 2.92. The first-order chi connectivity index (χ1) is 10.3. The summed E-state index contributed by atoms with van der Waals surface area (Å²) in [5, 5.41) is 6.98. The smallest absolute Gasteiger partial charge is 0.123 e. The highest BCUT2D eigenvalue weighted by molar-refractivity contribution is 7.17. The largest absolute Gasteiger partial charge is 0.306 e. The van der Waals surface area contributed by atoms with Crippen molar-refractivity contribution in [2.24, 2.45) is 0 Å². The highest BCUT2D eigenvalue weighted by Gasteiger charge is 2.17. The van der Waals surface area contributed by atoms with E-state index < -0.39 is 0 Å². The molecule has 3 rings (SSSR count). The van der Waals surface area contributed by atoms with Gasteiger partial charge in [0.2, 0.25) is 0 Å². The first-order valence-electron chi connectivity index (χ1n) is 7.24. The van der Waals surface area contributed by atoms with Gasteiger partial charge in [0, 0.05) is 4.70 Å². The topological polar surface area (TPSA) is 12.0 Å². The van der Waals surface area contributed by atoms with Crippen molar-refractivity contribution < 1.29 is 4.39 Å². The van der Waals surface area contributed by atoms with Gasteiger partial charge < -0.3 is 5.32 Å². The lowest BCUT2D eigenvalue weighted by atomic mass is 9.98. The Morgan fingerprint density at radius 2 is 2.00 bits per heavy atom. The Morgan fingerprint density at radius 3 is 2.81 bits per heavy atom. The summed E-state index contributed by atoms with van der Waals surface area (Å²) in [6, 6.07) is 15.3. The van der Waals surface area contributed by atoms with E-state index in [-0.39, 0.29) is 11.9 Å². The summed E-state index contributed by atoms with van der Waals surface area (Å²) >= 11 is 1.74. The van der Waals surface area contributed by atoms with Crippen LogP contribution in [0.5, 0.6) is 0 Å². The number of rotatable bonds is 5. The average molecular weight is 299 g/mol. The van der Waals surface area contributed by atoms with E-state index in [4.69, 9.17) is 0 Å². The lowest BCUT2D eigenvalue weighted by molar-refractivity contribution is 0.588. The predicted octanol–water partition coefficient (Wildman–Crippen LogP) is 5.13. The molecule has 0 aliphatic heterocycles. The molecule has 1 aromatic heterocycles. The molecule has 0 saturated carbocycles. The molecule has 0 fully saturated rings. The van der Waals surface area contributed by atoms with Gasteiger partial charge in [-0.25, -0.2) is 4.39 Å². The maximum absolute atomic E-state index is 13.6. The molecule has 0 amide bonds. The Kier molecular flexibility index (Phi) is 4.32. The number of hydrogen-bond acceptors (Lipinski definition) is 2. The molecule has 1 atom stereocenters. The third-order valence-corrected chi connectivity index (χ3v) is 4.58. The van der Waals surface area contributed by atoms with Gasteiger partial charge in [-0.05, 0) is 53.1 Å². The summed E-state index contributed by atoms with van der Waals surface area (Å²) in [7, 11) is 0. The fourth-order valence-electron chi connectivity index (χ4n) is 2.60. The lowest BCUT2D eigenvalue weighted by Gasteiger charge is -2.19. The monoisotopic (exact) mass is 299 g/mol. The Balaban J connectivity index is 2.06. The molecule has 108 valence electrons. The highest BCUT2D eigenvalue weighted by atomic mass is 32.1. The van der Waals surface area contributed by atoms with Gasteiger partial charge >= 0.3 is 0 Å². The molecule has 0 spiro atoms. The first kappa shape index (κ1) is 14.2. The molecule has 3 heteroatoms. The summed E-state index contributed by atoms with van der Waals surface area (Å²) in [6.45, 7) is 3.05. The van der Waals surface area contributed by atoms with Gasteiger partial charge in [-0.1, -0.05) is 37.3 Å². The zero-order valence-corrected chi connectivity index (χ0v) is 12.8. The van der Waals surface area contributed by atoms with Gasteiger partial charge in [0.05, 0.1) is 6.04 Å². The highest BCUT2D eigenvalue weighted by Crippen LogP contribution is 2.33. The second-order valence-corrected chi connectivity index (χ2v) is 6.04. The van der Waals surface area contributed by atoms with Gasteiger partial charge in [-0.15, -0.1) is 11.3 Å². The minimum atomic E-state index is -0.185. The van der Waals surface area contributed by atoms with Crippen LogP contribution in [0.25, 0.3) is 10.1 Å². The molecular weight excluding hydrogens is 281 g/mol. The van der Waals surface area contributed by atoms with Crippen LogP contribution in [-0.2, 0) is 0 Å². The van der Waals surface area contributed by atoms with Crippen LogP contribution in [0.3, 0.4) is 0 Å². The number of hydrogen-bond donors (Lipinski definition) is 1. The van der Waals surface area contributed by atoms with Gasteiger partial charge in [-0.2, -0.15) is 0 Å². The van der Waals surface area contributed by atoms with Crippen LogP contribution in [0, 0.1) is 5.82 Å². The predicted molar refractivity (Wildman–Crippen MR) is 88.4 cm³/mol. The van der Waals surface area contributed by atoms with Crippen molar-refractivity contribution >= 4 is 21.4 Å². The van der Waals surface area contributed by atoms with E-state index in [9.17, 15) is 4.39 Å². The van der Waals surface area contributed by atoms with Gasteiger partial charge in [-0.3, -0.25) is 0 Å². The maximum Gasteiger partial charge on any atom is 0.123 e. The molecule has 0 bridgehead atoms. The minimum Gasteiger partial charge on any atom is -0.306 e. The van der Waals surface area contributed by atoms with Crippen molar-refractivity contribution in [1.29, 1.82) is 0 Å². The summed E-state index contributed by atoms with van der Waals surface area (Å²) in [6.07, 6.45) is 1.05. The third-order valence-electron chi connectivity index (χ3n) is 3.60. The van der Waals surface area contributed by atoms with E-state index >= 15 is 0 Å². The van der Waals surface area contributed by atoms with Crippen LogP contribution < -0.4 is 5.32 Å². The van der Waals surface area contributed by atoms with Crippen LogP contribution in [0.2, 0.25) is 0 Å². The maximum atomic E-state index is 13.6. The molecule has 1 unspecified atom stereocenters. The van der Waals surface area contributed by atoms with E-state index in [1.165, 1.54) is 21.7 Å². The number of thiophene rings is 1. The van der Waals surface area contributed by atoms with Crippen LogP contribution in [0.1, 0.15) is 30.5 Å². The minimum absolute atomic E-state index is 0.0387. The van der Waals surface area contributed by atoms with Gasteiger partial charge in [0.1, 0.15) is 5.82 Å². The van der Waals surface area contributed by atoms with Crippen molar-refractivity contribution in [3.63, 3.8) is 0 Å². The number of fused-ring (bicyclic) bond motifs is 1. The van der Waals surface area contributed by atoms with E-state index in [0.717, 1.165) is 18.5 Å². The first-order valence-corrected chi connectivity index (χ1v) is 8.12. The van der Waals surface area contributed by atoms with Gasteiger partial charge in [0.15, 0.2) is 0 Å². The van der Waals surface area contributed by atoms with Crippen LogP contribution in [-0.4, -0.2) is 6.54 Å². The van der Waals surface area contributed by atoms with Crippen LogP contribution in [0.15, 0.2) is 53.9 Å². The van der Waals surface area contributed by atoms with Crippen molar-refractivity contribution in [2.75, 3.05) is 6.54 Å². The van der Waals surface area contributed by atoms with E-state index in [0.29, 0.717) is 0 Å². The molecule has 21 heavy (non-hydrogen) atoms. The normalized spacial score (nSPS) is 12.7. The zero-order chi connectivity index (χ0) is 14.7. The molecule has 0 aliphatic carbocycles. The van der Waals surface area contributed by atoms with Crippen LogP contribution >= 0.6 is 11.3 Å². The third kappa shape index (κ3) is 2.99. The molecule has 0 radical (unpaired) electrons. The van der Waals surface area contributed by atoms with E-state index in [1.54, 1.807) is 23.5 Å². The molecule has 1 heterocycles. The second-order valence-electron chi connectivity index (χ2n) is 5.13. The molecule has 2 aromatic carbocycles. The molecular formula is C18H18FNS. The fraction of sp³-hybridized carbons (Fsp3) is 0.222. The molecule has 1 N–H and O–H groups in total. The Hall–Kier alpha value is -1.71. The fourth-order valence-corrected chi connectivity index (χ4v) is 3.59. The molecule has 0 saturated heterocycles. The van der Waals surface area contributed by atoms with Crippen molar-refractivity contribution in [2.45, 2.75) is 19.4 Å². The summed E-state index contributed by atoms with van der Waals surface area (Å²) in [4.78, 5) is 0. The van der Waals surface area contributed by atoms with Crippen molar-refractivity contribution in [1.82, 2.24) is 5.32 Å². The summed E-state index contributed by atoms with van der Waals surface area (Å²) in [5.41, 5.74) is 2.21. The second kappa shape index (κ2) is 6.37. The Bertz CT molecular complexity index is 735. The zero-order valence-electron chi connectivity index (χ0n) is 12.0. The van der Waals surface area contributed by atoms with E-state index in [1.807, 2.05) is 6.07 Å². The number of nitrogens with one attached hydrogen (secondary N) is 1. The number of halogens is 1. The van der Waals surface area contributed by atoms with Crippen molar-refractivity contribution in [3.05, 3.63) is 70.9 Å². The molecule has 0 aliphatic rings. The Labute approximate surface area is 128 Å². The lowest BCUT2D eigenvalue weighted by Crippen LogP contribution is -2.23. The molecule has 3 aromatic rings. The summed E-state index contributed by atoms with van der Waals surface area (Å²) in [5.74, 6) is -0.185. The quantitative estimate of drug-likeness (QED) is 0.688. The van der Waals surface area contributed by atoms with Crippen LogP contribution in [0.4, 0.5) is 4.39 Å². The standard InChI is InChI=1S/C18H18FNS/c1-2-10-20-18(13-6-5-7-14(19)11-13)16-12-21-17-9-4-3-8-15(16)17/h3-9,11-12,18,20H,2,10H2,1H3. The SMILES string of the molecule is CCCNC(c1cccc(F)c1)c1csc2ccccc12.